The Morgan fingerprint density at radius 2 is 1.73 bits per heavy atom. The standard InChI is InChI=1S/C5H8F3NOS/c1-4(2,11)9-3(10)5(6,7)8/h11H,1-2H3,(H,9,10). The van der Waals surface area contributed by atoms with Gasteiger partial charge in [0.15, 0.2) is 0 Å². The average Bonchev–Trinajstić information content (AvgIpc) is 1.56. The predicted octanol–water partition coefficient (Wildman–Crippen LogP) is 1.33. The van der Waals surface area contributed by atoms with Crippen LogP contribution in [0.3, 0.4) is 0 Å². The molecule has 0 aromatic carbocycles. The van der Waals surface area contributed by atoms with E-state index in [1.54, 1.807) is 5.32 Å². The maximum absolute atomic E-state index is 11.5. The van der Waals surface area contributed by atoms with Crippen molar-refractivity contribution in [2.24, 2.45) is 0 Å². The van der Waals surface area contributed by atoms with Crippen molar-refractivity contribution in [3.8, 4) is 0 Å². The largest absolute Gasteiger partial charge is 0.471 e. The normalized spacial score (nSPS) is 12.9. The number of thiol groups is 1. The molecule has 0 radical (unpaired) electrons. The van der Waals surface area contributed by atoms with E-state index in [0.29, 0.717) is 0 Å². The first-order valence-corrected chi connectivity index (χ1v) is 3.19. The number of rotatable bonds is 1. The summed E-state index contributed by atoms with van der Waals surface area (Å²) in [6.45, 7) is 2.69. The Hall–Kier alpha value is -0.390. The Bertz CT molecular complexity index is 160. The van der Waals surface area contributed by atoms with Crippen molar-refractivity contribution in [3.05, 3.63) is 0 Å². The quantitative estimate of drug-likeness (QED) is 0.470. The highest BCUT2D eigenvalue weighted by Gasteiger charge is 2.40. The second kappa shape index (κ2) is 2.92. The molecular weight excluding hydrogens is 179 g/mol. The highest BCUT2D eigenvalue weighted by atomic mass is 32.1. The summed E-state index contributed by atoms with van der Waals surface area (Å²) < 4.78 is 34.6. The summed E-state index contributed by atoms with van der Waals surface area (Å²) in [4.78, 5) is 9.05. The molecule has 66 valence electrons. The minimum absolute atomic E-state index is 1.15. The second-order valence-corrected chi connectivity index (χ2v) is 3.63. The van der Waals surface area contributed by atoms with Gasteiger partial charge in [-0.15, -0.1) is 0 Å². The Balaban J connectivity index is 4.11. The van der Waals surface area contributed by atoms with Crippen LogP contribution in [0.25, 0.3) is 0 Å². The maximum atomic E-state index is 11.5. The summed E-state index contributed by atoms with van der Waals surface area (Å²) in [6, 6.07) is 0. The first-order valence-electron chi connectivity index (χ1n) is 2.74. The molecule has 0 rings (SSSR count). The molecule has 0 fully saturated rings. The van der Waals surface area contributed by atoms with E-state index in [2.05, 4.69) is 12.6 Å². The summed E-state index contributed by atoms with van der Waals surface area (Å²) in [6.07, 6.45) is -4.83. The minimum Gasteiger partial charge on any atom is -0.335 e. The summed E-state index contributed by atoms with van der Waals surface area (Å²) in [5.41, 5.74) is 0. The molecule has 6 heteroatoms. The van der Waals surface area contributed by atoms with Crippen LogP contribution in [0.15, 0.2) is 0 Å². The third kappa shape index (κ3) is 4.94. The van der Waals surface area contributed by atoms with Crippen molar-refractivity contribution in [1.82, 2.24) is 5.32 Å². The smallest absolute Gasteiger partial charge is 0.335 e. The van der Waals surface area contributed by atoms with Crippen LogP contribution in [0, 0.1) is 0 Å². The van der Waals surface area contributed by atoms with E-state index in [1.807, 2.05) is 0 Å². The lowest BCUT2D eigenvalue weighted by Crippen LogP contribution is -2.45. The van der Waals surface area contributed by atoms with Crippen molar-refractivity contribution < 1.29 is 18.0 Å². The molecule has 0 atom stereocenters. The molecular formula is C5H8F3NOS. The molecule has 0 aliphatic carbocycles. The number of carbonyl (C=O) groups is 1. The lowest BCUT2D eigenvalue weighted by atomic mass is 10.4. The van der Waals surface area contributed by atoms with Gasteiger partial charge in [0.2, 0.25) is 0 Å². The van der Waals surface area contributed by atoms with Crippen LogP contribution < -0.4 is 5.32 Å². The highest BCUT2D eigenvalue weighted by Crippen LogP contribution is 2.17. The molecule has 0 saturated heterocycles. The topological polar surface area (TPSA) is 29.1 Å². The molecule has 0 aromatic rings. The summed E-state index contributed by atoms with van der Waals surface area (Å²) in [5, 5.41) is 1.66. The SMILES string of the molecule is CC(C)(S)NC(=O)C(F)(F)F. The molecule has 0 unspecified atom stereocenters. The molecule has 0 aliphatic heterocycles. The minimum atomic E-state index is -4.83. The third-order valence-electron chi connectivity index (χ3n) is 0.677. The van der Waals surface area contributed by atoms with E-state index in [0.717, 1.165) is 0 Å². The number of hydrogen-bond donors (Lipinski definition) is 2. The zero-order valence-electron chi connectivity index (χ0n) is 5.99. The van der Waals surface area contributed by atoms with Crippen molar-refractivity contribution in [2.45, 2.75) is 24.9 Å². The zero-order valence-corrected chi connectivity index (χ0v) is 6.88. The first-order chi connectivity index (χ1) is 4.63. The predicted molar refractivity (Wildman–Crippen MR) is 37.3 cm³/mol. The van der Waals surface area contributed by atoms with Crippen molar-refractivity contribution in [2.75, 3.05) is 0 Å². The summed E-state index contributed by atoms with van der Waals surface area (Å²) in [5.74, 6) is -1.97. The van der Waals surface area contributed by atoms with Crippen LogP contribution in [-0.2, 0) is 4.79 Å². The fourth-order valence-electron chi connectivity index (χ4n) is 0.349. The van der Waals surface area contributed by atoms with Gasteiger partial charge in [0.1, 0.15) is 0 Å². The van der Waals surface area contributed by atoms with Gasteiger partial charge in [-0.3, -0.25) is 4.79 Å². The summed E-state index contributed by atoms with van der Waals surface area (Å²) in [7, 11) is 0. The van der Waals surface area contributed by atoms with E-state index in [9.17, 15) is 18.0 Å². The van der Waals surface area contributed by atoms with Crippen LogP contribution >= 0.6 is 12.6 Å². The number of alkyl halides is 3. The Labute approximate surface area is 67.6 Å². The van der Waals surface area contributed by atoms with Gasteiger partial charge in [0.25, 0.3) is 0 Å². The van der Waals surface area contributed by atoms with Crippen LogP contribution in [0.5, 0.6) is 0 Å². The number of halogens is 3. The van der Waals surface area contributed by atoms with Crippen LogP contribution in [0.2, 0.25) is 0 Å². The average molecular weight is 187 g/mol. The monoisotopic (exact) mass is 187 g/mol. The van der Waals surface area contributed by atoms with Crippen LogP contribution in [-0.4, -0.2) is 17.0 Å². The van der Waals surface area contributed by atoms with Gasteiger partial charge in [-0.05, 0) is 13.8 Å². The first kappa shape index (κ1) is 10.6. The van der Waals surface area contributed by atoms with Crippen molar-refractivity contribution >= 4 is 18.5 Å². The van der Waals surface area contributed by atoms with E-state index >= 15 is 0 Å². The summed E-state index contributed by atoms with van der Waals surface area (Å²) >= 11 is 3.69. The van der Waals surface area contributed by atoms with Gasteiger partial charge >= 0.3 is 12.1 Å². The van der Waals surface area contributed by atoms with Gasteiger partial charge < -0.3 is 5.32 Å². The molecule has 0 aromatic heterocycles. The molecule has 1 amide bonds. The van der Waals surface area contributed by atoms with Gasteiger partial charge in [-0.2, -0.15) is 25.8 Å². The maximum Gasteiger partial charge on any atom is 0.471 e. The molecule has 0 bridgehead atoms. The number of hydrogen-bond acceptors (Lipinski definition) is 2. The fraction of sp³-hybridized carbons (Fsp3) is 0.800. The lowest BCUT2D eigenvalue weighted by molar-refractivity contribution is -0.174. The molecule has 11 heavy (non-hydrogen) atoms. The molecule has 2 nitrogen and oxygen atoms in total. The molecule has 0 saturated carbocycles. The van der Waals surface area contributed by atoms with E-state index in [1.165, 1.54) is 13.8 Å². The Kier molecular flexibility index (Phi) is 2.82. The number of amides is 1. The third-order valence-corrected chi connectivity index (χ3v) is 0.789. The fourth-order valence-corrected chi connectivity index (χ4v) is 0.450. The van der Waals surface area contributed by atoms with Crippen LogP contribution in [0.4, 0.5) is 13.2 Å². The lowest BCUT2D eigenvalue weighted by Gasteiger charge is -2.20. The van der Waals surface area contributed by atoms with Gasteiger partial charge in [-0.25, -0.2) is 0 Å². The molecule has 0 aliphatic rings. The highest BCUT2D eigenvalue weighted by molar-refractivity contribution is 7.81. The van der Waals surface area contributed by atoms with Gasteiger partial charge in [0, 0.05) is 0 Å². The number of nitrogens with one attached hydrogen (secondary N) is 1. The van der Waals surface area contributed by atoms with E-state index in [4.69, 9.17) is 0 Å². The van der Waals surface area contributed by atoms with E-state index in [-0.39, 0.29) is 0 Å². The van der Waals surface area contributed by atoms with Gasteiger partial charge in [0.05, 0.1) is 4.87 Å². The molecule has 0 spiro atoms. The second-order valence-electron chi connectivity index (χ2n) is 2.51. The Morgan fingerprint density at radius 1 is 1.36 bits per heavy atom. The Morgan fingerprint density at radius 3 is 1.82 bits per heavy atom. The van der Waals surface area contributed by atoms with Crippen LogP contribution in [0.1, 0.15) is 13.8 Å². The molecule has 1 N–H and O–H groups in total. The van der Waals surface area contributed by atoms with Crippen molar-refractivity contribution in [3.63, 3.8) is 0 Å². The van der Waals surface area contributed by atoms with Crippen molar-refractivity contribution in [1.29, 1.82) is 0 Å². The van der Waals surface area contributed by atoms with E-state index < -0.39 is 17.0 Å². The molecule has 0 heterocycles. The van der Waals surface area contributed by atoms with Gasteiger partial charge in [-0.1, -0.05) is 0 Å². The zero-order chi connectivity index (χ0) is 9.28. The number of carbonyl (C=O) groups excluding carboxylic acids is 1.